The summed E-state index contributed by atoms with van der Waals surface area (Å²) >= 11 is 0. The molecule has 2 unspecified atom stereocenters. The van der Waals surface area contributed by atoms with Crippen LogP contribution in [0.3, 0.4) is 0 Å². The third kappa shape index (κ3) is 4.58. The molecule has 0 saturated heterocycles. The number of fused-ring (bicyclic) bond motifs is 8. The summed E-state index contributed by atoms with van der Waals surface area (Å²) in [5, 5.41) is 16.7. The van der Waals surface area contributed by atoms with Gasteiger partial charge in [-0.1, -0.05) is 176 Å². The molecule has 0 nitrogen and oxygen atoms in total. The predicted octanol–water partition coefficient (Wildman–Crippen LogP) is 16.3. The van der Waals surface area contributed by atoms with E-state index in [0.29, 0.717) is 0 Å². The minimum Gasteiger partial charge on any atom is -0.112 e. The molecule has 0 fully saturated rings. The molecule has 0 radical (unpaired) electrons. The lowest BCUT2D eigenvalue weighted by atomic mass is 9.83. The fourth-order valence-corrected chi connectivity index (χ4v) is 13.4. The minimum atomic E-state index is -0.409. The molecule has 2 aromatic heterocycles. The molecule has 0 bridgehead atoms. The molecule has 0 N–H and O–H groups in total. The van der Waals surface area contributed by atoms with E-state index in [1.807, 2.05) is 0 Å². The Morgan fingerprint density at radius 3 is 1.22 bits per heavy atom. The summed E-state index contributed by atoms with van der Waals surface area (Å²) in [6, 6.07) is 68.5. The Labute approximate surface area is 317 Å². The van der Waals surface area contributed by atoms with Gasteiger partial charge < -0.3 is 0 Å². The Morgan fingerprint density at radius 2 is 0.667 bits per heavy atom. The molecule has 0 amide bonds. The number of aryl methyl sites for hydroxylation is 2. The monoisotopic (exact) mass is 722 g/mol. The maximum Gasteiger partial charge on any atom is 0.00274 e. The second-order valence-electron chi connectivity index (χ2n) is 14.5. The van der Waals surface area contributed by atoms with Crippen molar-refractivity contribution in [1.82, 2.24) is 0 Å². The van der Waals surface area contributed by atoms with Crippen LogP contribution in [0.15, 0.2) is 182 Å². The molecule has 54 heavy (non-hydrogen) atoms. The molecule has 0 aliphatic heterocycles. The summed E-state index contributed by atoms with van der Waals surface area (Å²) in [5.74, 6) is 0. The van der Waals surface area contributed by atoms with Crippen molar-refractivity contribution >= 4 is 78.6 Å². The first-order valence-corrected chi connectivity index (χ1v) is 22.3. The lowest BCUT2D eigenvalue weighted by Crippen LogP contribution is -1.93. The van der Waals surface area contributed by atoms with E-state index >= 15 is 0 Å². The van der Waals surface area contributed by atoms with E-state index < -0.39 is 15.1 Å². The summed E-state index contributed by atoms with van der Waals surface area (Å²) in [4.78, 5) is 0. The minimum absolute atomic E-state index is 0.409. The lowest BCUT2D eigenvalue weighted by molar-refractivity contribution is 1.61. The van der Waals surface area contributed by atoms with Crippen LogP contribution >= 0.6 is 15.1 Å². The molecule has 0 aliphatic rings. The Morgan fingerprint density at radius 1 is 0.278 bits per heavy atom. The summed E-state index contributed by atoms with van der Waals surface area (Å²) in [6.45, 7) is 4.84. The third-order valence-corrected chi connectivity index (χ3v) is 16.2. The van der Waals surface area contributed by atoms with Crippen molar-refractivity contribution in [3.05, 3.63) is 182 Å². The standard InChI is InChI=1S/C52H36P2/c1-53-46-28-10-8-20-42(46)51-38(26-14-30-48(51)53)35-22-12-24-40-44(35)32-45-36(39-27-15-31-49-52(39)43-21-9-11-29-47(43)54(49)2)23-13-25-41(45)50(40)37-19-7-6-18-34(37)33-16-4-3-5-17-33/h3-32H,1-2H3. The first-order valence-electron chi connectivity index (χ1n) is 18.7. The molecule has 11 aromatic rings. The number of hydrogen-bond donors (Lipinski definition) is 0. The molecule has 2 heteroatoms. The van der Waals surface area contributed by atoms with Gasteiger partial charge in [0.2, 0.25) is 0 Å². The molecule has 9 aromatic carbocycles. The first kappa shape index (κ1) is 31.6. The second-order valence-corrected chi connectivity index (χ2v) is 18.7. The Kier molecular flexibility index (Phi) is 7.22. The summed E-state index contributed by atoms with van der Waals surface area (Å²) in [6.07, 6.45) is 0. The van der Waals surface area contributed by atoms with Crippen LogP contribution in [0.25, 0.3) is 108 Å². The summed E-state index contributed by atoms with van der Waals surface area (Å²) in [5.41, 5.74) is 10.3. The van der Waals surface area contributed by atoms with Crippen LogP contribution in [0.2, 0.25) is 0 Å². The van der Waals surface area contributed by atoms with Gasteiger partial charge in [0, 0.05) is 31.2 Å². The summed E-state index contributed by atoms with van der Waals surface area (Å²) < 4.78 is 0. The summed E-state index contributed by atoms with van der Waals surface area (Å²) in [7, 11) is -0.818. The highest BCUT2D eigenvalue weighted by molar-refractivity contribution is 7.60. The quantitative estimate of drug-likeness (QED) is 0.159. The molecule has 0 aliphatic carbocycles. The van der Waals surface area contributed by atoms with Crippen molar-refractivity contribution in [3.63, 3.8) is 0 Å². The second kappa shape index (κ2) is 12.3. The SMILES string of the molecule is Cp1c2ccccc2c2c(-c3cccc4c(-c5ccccc5-c5ccccc5)c5cccc(-c6cccc7c6c6ccccc6p7C)c5cc34)cccc21. The molecule has 2 atom stereocenters. The van der Waals surface area contributed by atoms with Crippen molar-refractivity contribution in [1.29, 1.82) is 0 Å². The maximum absolute atomic E-state index is 2.52. The van der Waals surface area contributed by atoms with Crippen LogP contribution in [0.4, 0.5) is 0 Å². The lowest BCUT2D eigenvalue weighted by Gasteiger charge is -2.20. The van der Waals surface area contributed by atoms with E-state index in [2.05, 4.69) is 195 Å². The van der Waals surface area contributed by atoms with Gasteiger partial charge in [0.1, 0.15) is 0 Å². The van der Waals surface area contributed by atoms with Crippen LogP contribution < -0.4 is 0 Å². The number of benzene rings is 9. The Bertz CT molecular complexity index is 3110. The highest BCUT2D eigenvalue weighted by Crippen LogP contribution is 2.53. The van der Waals surface area contributed by atoms with E-state index in [4.69, 9.17) is 0 Å². The molecule has 254 valence electrons. The molecular formula is C52H36P2. The largest absolute Gasteiger partial charge is 0.112 e. The molecular weight excluding hydrogens is 687 g/mol. The van der Waals surface area contributed by atoms with E-state index in [1.165, 1.54) is 108 Å². The van der Waals surface area contributed by atoms with E-state index in [9.17, 15) is 0 Å². The van der Waals surface area contributed by atoms with E-state index in [-0.39, 0.29) is 0 Å². The fraction of sp³-hybridized carbons (Fsp3) is 0.0385. The van der Waals surface area contributed by atoms with Gasteiger partial charge in [0.05, 0.1) is 0 Å². The molecule has 11 rings (SSSR count). The molecule has 2 heterocycles. The van der Waals surface area contributed by atoms with Gasteiger partial charge in [0.15, 0.2) is 0 Å². The zero-order chi connectivity index (χ0) is 35.9. The zero-order valence-corrected chi connectivity index (χ0v) is 32.0. The van der Waals surface area contributed by atoms with Crippen molar-refractivity contribution < 1.29 is 0 Å². The van der Waals surface area contributed by atoms with Gasteiger partial charge in [-0.15, -0.1) is 15.1 Å². The molecule has 0 spiro atoms. The zero-order valence-electron chi connectivity index (χ0n) is 30.2. The van der Waals surface area contributed by atoms with Crippen molar-refractivity contribution in [3.8, 4) is 44.5 Å². The van der Waals surface area contributed by atoms with Crippen LogP contribution in [0.5, 0.6) is 0 Å². The van der Waals surface area contributed by atoms with Crippen LogP contribution in [0.1, 0.15) is 0 Å². The third-order valence-electron chi connectivity index (χ3n) is 11.8. The highest BCUT2D eigenvalue weighted by atomic mass is 31.1. The van der Waals surface area contributed by atoms with Gasteiger partial charge in [-0.3, -0.25) is 0 Å². The van der Waals surface area contributed by atoms with Gasteiger partial charge in [0.25, 0.3) is 0 Å². The van der Waals surface area contributed by atoms with Gasteiger partial charge in [-0.2, -0.15) is 0 Å². The first-order chi connectivity index (χ1) is 26.7. The van der Waals surface area contributed by atoms with Gasteiger partial charge >= 0.3 is 0 Å². The topological polar surface area (TPSA) is 0 Å². The van der Waals surface area contributed by atoms with Crippen LogP contribution in [-0.4, -0.2) is 0 Å². The smallest absolute Gasteiger partial charge is 0.00274 e. The highest BCUT2D eigenvalue weighted by Gasteiger charge is 2.21. The maximum atomic E-state index is 2.52. The molecule has 0 saturated carbocycles. The average Bonchev–Trinajstić information content (AvgIpc) is 3.70. The van der Waals surface area contributed by atoms with E-state index in [0.717, 1.165) is 0 Å². The van der Waals surface area contributed by atoms with Gasteiger partial charge in [-0.05, 0) is 96.2 Å². The van der Waals surface area contributed by atoms with Crippen molar-refractivity contribution in [2.45, 2.75) is 0 Å². The number of hydrogen-bond acceptors (Lipinski definition) is 0. The van der Waals surface area contributed by atoms with Gasteiger partial charge in [-0.25, -0.2) is 0 Å². The number of rotatable bonds is 4. The predicted molar refractivity (Wildman–Crippen MR) is 241 cm³/mol. The van der Waals surface area contributed by atoms with Crippen LogP contribution in [0, 0.1) is 0 Å². The van der Waals surface area contributed by atoms with Crippen LogP contribution in [-0.2, 0) is 13.3 Å². The van der Waals surface area contributed by atoms with Crippen molar-refractivity contribution in [2.24, 2.45) is 13.3 Å². The normalized spacial score (nSPS) is 12.6. The average molecular weight is 723 g/mol. The fourth-order valence-electron chi connectivity index (χ4n) is 9.37. The Hall–Kier alpha value is -5.90. The van der Waals surface area contributed by atoms with Crippen molar-refractivity contribution in [2.75, 3.05) is 0 Å². The van der Waals surface area contributed by atoms with E-state index in [1.54, 1.807) is 0 Å². The Balaban J connectivity index is 1.31.